The Kier molecular flexibility index (Phi) is 2.45. The molecule has 1 saturated heterocycles. The van der Waals surface area contributed by atoms with Gasteiger partial charge >= 0.3 is 0 Å². The molecule has 0 aliphatic carbocycles. The smallest absolute Gasteiger partial charge is 0.230 e. The number of carbonyl (C=O) groups is 1. The summed E-state index contributed by atoms with van der Waals surface area (Å²) in [6.07, 6.45) is 3.40. The molecule has 1 aromatic heterocycles. The Morgan fingerprint density at radius 3 is 3.00 bits per heavy atom. The molecule has 74 valence electrons. The van der Waals surface area contributed by atoms with Crippen molar-refractivity contribution in [1.82, 2.24) is 10.3 Å². The fourth-order valence-corrected chi connectivity index (χ4v) is 1.30. The second-order valence-electron chi connectivity index (χ2n) is 3.54. The molecule has 1 aliphatic heterocycles. The second-order valence-corrected chi connectivity index (χ2v) is 3.54. The van der Waals surface area contributed by atoms with E-state index in [1.807, 2.05) is 13.0 Å². The van der Waals surface area contributed by atoms with E-state index >= 15 is 0 Å². The summed E-state index contributed by atoms with van der Waals surface area (Å²) in [5, 5.41) is 5.94. The first-order chi connectivity index (χ1) is 6.77. The number of carbonyl (C=O) groups excluding carboxylic acids is 1. The van der Waals surface area contributed by atoms with E-state index in [2.05, 4.69) is 15.6 Å². The molecule has 0 atom stereocenters. The van der Waals surface area contributed by atoms with Gasteiger partial charge in [0.2, 0.25) is 5.91 Å². The van der Waals surface area contributed by atoms with Crippen LogP contribution in [0.5, 0.6) is 0 Å². The van der Waals surface area contributed by atoms with Gasteiger partial charge in [0.1, 0.15) is 0 Å². The van der Waals surface area contributed by atoms with Crippen LogP contribution < -0.4 is 10.6 Å². The van der Waals surface area contributed by atoms with Gasteiger partial charge in [0, 0.05) is 19.3 Å². The Morgan fingerprint density at radius 2 is 2.43 bits per heavy atom. The van der Waals surface area contributed by atoms with E-state index in [1.54, 1.807) is 12.4 Å². The summed E-state index contributed by atoms with van der Waals surface area (Å²) < 4.78 is 0. The highest BCUT2D eigenvalue weighted by molar-refractivity contribution is 5.93. The van der Waals surface area contributed by atoms with E-state index in [4.69, 9.17) is 0 Å². The molecule has 2 rings (SSSR count). The topological polar surface area (TPSA) is 54.0 Å². The predicted octanol–water partition coefficient (Wildman–Crippen LogP) is 0.548. The minimum absolute atomic E-state index is 0.0832. The van der Waals surface area contributed by atoms with E-state index in [0.717, 1.165) is 24.3 Å². The van der Waals surface area contributed by atoms with Crippen molar-refractivity contribution < 1.29 is 4.79 Å². The third kappa shape index (κ3) is 1.75. The van der Waals surface area contributed by atoms with Gasteiger partial charge < -0.3 is 10.6 Å². The predicted molar refractivity (Wildman–Crippen MR) is 54.0 cm³/mol. The van der Waals surface area contributed by atoms with Crippen molar-refractivity contribution in [3.8, 4) is 0 Å². The molecule has 0 bridgehead atoms. The Balaban J connectivity index is 2.03. The van der Waals surface area contributed by atoms with Crippen LogP contribution in [0.2, 0.25) is 0 Å². The van der Waals surface area contributed by atoms with Gasteiger partial charge in [-0.05, 0) is 18.6 Å². The fourth-order valence-electron chi connectivity index (χ4n) is 1.30. The third-order valence-electron chi connectivity index (χ3n) is 2.45. The molecular weight excluding hydrogens is 178 g/mol. The zero-order chi connectivity index (χ0) is 9.97. The number of aromatic nitrogens is 1. The quantitative estimate of drug-likeness (QED) is 0.717. The van der Waals surface area contributed by atoms with Crippen LogP contribution in [0.25, 0.3) is 0 Å². The number of hydrogen-bond donors (Lipinski definition) is 2. The molecule has 1 amide bonds. The summed E-state index contributed by atoms with van der Waals surface area (Å²) in [7, 11) is 0. The number of nitrogens with zero attached hydrogens (tertiary/aromatic N) is 1. The SMILES string of the molecule is Cc1ccncc1NC(=O)C1CNC1. The van der Waals surface area contributed by atoms with Crippen molar-refractivity contribution in [2.24, 2.45) is 5.92 Å². The van der Waals surface area contributed by atoms with Crippen molar-refractivity contribution >= 4 is 11.6 Å². The van der Waals surface area contributed by atoms with Gasteiger partial charge in [-0.1, -0.05) is 0 Å². The standard InChI is InChI=1S/C10H13N3O/c1-7-2-3-11-6-9(7)13-10(14)8-4-12-5-8/h2-3,6,8,12H,4-5H2,1H3,(H,13,14). The lowest BCUT2D eigenvalue weighted by atomic mass is 10.0. The summed E-state index contributed by atoms with van der Waals surface area (Å²) in [5.41, 5.74) is 1.85. The highest BCUT2D eigenvalue weighted by Crippen LogP contribution is 2.13. The molecule has 2 heterocycles. The minimum Gasteiger partial charge on any atom is -0.324 e. The minimum atomic E-state index is 0.0832. The molecule has 0 aromatic carbocycles. The maximum Gasteiger partial charge on any atom is 0.230 e. The van der Waals surface area contributed by atoms with Gasteiger partial charge in [-0.2, -0.15) is 0 Å². The number of nitrogens with one attached hydrogen (secondary N) is 2. The fraction of sp³-hybridized carbons (Fsp3) is 0.400. The zero-order valence-corrected chi connectivity index (χ0v) is 8.08. The van der Waals surface area contributed by atoms with Crippen LogP contribution in [-0.4, -0.2) is 24.0 Å². The van der Waals surface area contributed by atoms with E-state index in [1.165, 1.54) is 0 Å². The Labute approximate surface area is 82.7 Å². The largest absolute Gasteiger partial charge is 0.324 e. The maximum absolute atomic E-state index is 11.6. The molecular formula is C10H13N3O. The number of amides is 1. The third-order valence-corrected chi connectivity index (χ3v) is 2.45. The lowest BCUT2D eigenvalue weighted by Crippen LogP contribution is -2.48. The first kappa shape index (κ1) is 9.15. The number of pyridine rings is 1. The molecule has 1 aromatic rings. The average Bonchev–Trinajstić information content (AvgIpc) is 2.05. The molecule has 4 nitrogen and oxygen atoms in total. The van der Waals surface area contributed by atoms with E-state index in [0.29, 0.717) is 0 Å². The van der Waals surface area contributed by atoms with E-state index in [-0.39, 0.29) is 11.8 Å². The molecule has 0 saturated carbocycles. The molecule has 0 spiro atoms. The van der Waals surface area contributed by atoms with Gasteiger partial charge in [-0.25, -0.2) is 0 Å². The van der Waals surface area contributed by atoms with Crippen LogP contribution in [0.15, 0.2) is 18.5 Å². The average molecular weight is 191 g/mol. The molecule has 1 fully saturated rings. The second kappa shape index (κ2) is 3.75. The monoisotopic (exact) mass is 191 g/mol. The van der Waals surface area contributed by atoms with Crippen LogP contribution >= 0.6 is 0 Å². The highest BCUT2D eigenvalue weighted by Gasteiger charge is 2.24. The highest BCUT2D eigenvalue weighted by atomic mass is 16.2. The van der Waals surface area contributed by atoms with Crippen molar-refractivity contribution in [3.05, 3.63) is 24.0 Å². The Hall–Kier alpha value is -1.42. The van der Waals surface area contributed by atoms with Gasteiger partial charge in [-0.3, -0.25) is 9.78 Å². The summed E-state index contributed by atoms with van der Waals surface area (Å²) in [4.78, 5) is 15.5. The normalized spacial score (nSPS) is 16.1. The molecule has 4 heteroatoms. The number of hydrogen-bond acceptors (Lipinski definition) is 3. The molecule has 0 unspecified atom stereocenters. The Morgan fingerprint density at radius 1 is 1.64 bits per heavy atom. The van der Waals surface area contributed by atoms with Gasteiger partial charge in [0.05, 0.1) is 17.8 Å². The van der Waals surface area contributed by atoms with Crippen molar-refractivity contribution in [3.63, 3.8) is 0 Å². The van der Waals surface area contributed by atoms with Gasteiger partial charge in [0.25, 0.3) is 0 Å². The van der Waals surface area contributed by atoms with E-state index < -0.39 is 0 Å². The molecule has 2 N–H and O–H groups in total. The first-order valence-electron chi connectivity index (χ1n) is 4.69. The maximum atomic E-state index is 11.6. The summed E-state index contributed by atoms with van der Waals surface area (Å²) in [6.45, 7) is 3.52. The molecule has 1 aliphatic rings. The Bertz CT molecular complexity index is 347. The van der Waals surface area contributed by atoms with Crippen molar-refractivity contribution in [2.75, 3.05) is 18.4 Å². The van der Waals surface area contributed by atoms with Crippen LogP contribution in [0.1, 0.15) is 5.56 Å². The van der Waals surface area contributed by atoms with Crippen LogP contribution in [0.4, 0.5) is 5.69 Å². The number of anilines is 1. The number of rotatable bonds is 2. The van der Waals surface area contributed by atoms with Crippen LogP contribution in [0.3, 0.4) is 0 Å². The summed E-state index contributed by atoms with van der Waals surface area (Å²) in [5.74, 6) is 0.203. The van der Waals surface area contributed by atoms with Crippen LogP contribution in [0, 0.1) is 12.8 Å². The lowest BCUT2D eigenvalue weighted by molar-refractivity contribution is -0.121. The van der Waals surface area contributed by atoms with Crippen molar-refractivity contribution in [2.45, 2.75) is 6.92 Å². The zero-order valence-electron chi connectivity index (χ0n) is 8.08. The van der Waals surface area contributed by atoms with Gasteiger partial charge in [0.15, 0.2) is 0 Å². The molecule has 14 heavy (non-hydrogen) atoms. The summed E-state index contributed by atoms with van der Waals surface area (Å²) >= 11 is 0. The molecule has 0 radical (unpaired) electrons. The number of aryl methyl sites for hydroxylation is 1. The van der Waals surface area contributed by atoms with E-state index in [9.17, 15) is 4.79 Å². The van der Waals surface area contributed by atoms with Crippen LogP contribution in [-0.2, 0) is 4.79 Å². The lowest BCUT2D eigenvalue weighted by Gasteiger charge is -2.25. The van der Waals surface area contributed by atoms with Gasteiger partial charge in [-0.15, -0.1) is 0 Å². The van der Waals surface area contributed by atoms with Crippen molar-refractivity contribution in [1.29, 1.82) is 0 Å². The first-order valence-corrected chi connectivity index (χ1v) is 4.69. The summed E-state index contributed by atoms with van der Waals surface area (Å²) in [6, 6.07) is 1.88.